The van der Waals surface area contributed by atoms with Crippen molar-refractivity contribution in [1.29, 1.82) is 0 Å². The highest BCUT2D eigenvalue weighted by atomic mass is 32.2. The van der Waals surface area contributed by atoms with Gasteiger partial charge in [0.25, 0.3) is 0 Å². The van der Waals surface area contributed by atoms with E-state index in [1.807, 2.05) is 35.1 Å². The summed E-state index contributed by atoms with van der Waals surface area (Å²) >= 11 is 8.11. The van der Waals surface area contributed by atoms with E-state index in [-0.39, 0.29) is 0 Å². The lowest BCUT2D eigenvalue weighted by Gasteiger charge is -2.32. The lowest BCUT2D eigenvalue weighted by Crippen LogP contribution is -2.23. The van der Waals surface area contributed by atoms with Crippen LogP contribution in [0.5, 0.6) is 0 Å². The molecule has 0 unspecified atom stereocenters. The molecule has 0 amide bonds. The normalized spacial score (nSPS) is 12.2. The lowest BCUT2D eigenvalue weighted by molar-refractivity contribution is 0.454. The summed E-state index contributed by atoms with van der Waals surface area (Å²) in [4.78, 5) is 12.1. The minimum atomic E-state index is 0.359. The Kier molecular flexibility index (Phi) is 13.9. The highest BCUT2D eigenvalue weighted by Crippen LogP contribution is 2.48. The molecule has 0 aliphatic heterocycles. The fourth-order valence-corrected chi connectivity index (χ4v) is 13.1. The molecule has 0 atom stereocenters. The molecule has 0 saturated heterocycles. The van der Waals surface area contributed by atoms with E-state index < -0.39 is 0 Å². The molecule has 0 N–H and O–H groups in total. The monoisotopic (exact) mass is 664 g/mol. The van der Waals surface area contributed by atoms with Gasteiger partial charge in [0.05, 0.1) is 19.8 Å². The fourth-order valence-electron chi connectivity index (χ4n) is 6.72. The molecule has 2 nitrogen and oxygen atoms in total. The minimum absolute atomic E-state index is 0.359. The summed E-state index contributed by atoms with van der Waals surface area (Å²) in [6.45, 7) is 14.0. The summed E-state index contributed by atoms with van der Waals surface area (Å²) in [6, 6.07) is 18.0. The van der Waals surface area contributed by atoms with Crippen molar-refractivity contribution in [3.63, 3.8) is 0 Å². The number of pyridine rings is 2. The summed E-state index contributed by atoms with van der Waals surface area (Å²) < 4.78 is 3.58. The molecule has 0 bridgehead atoms. The van der Waals surface area contributed by atoms with Crippen LogP contribution in [0.4, 0.5) is 0 Å². The fraction of sp³-hybridized carbons (Fsp3) is 0.526. The van der Waals surface area contributed by atoms with Crippen molar-refractivity contribution in [3.05, 3.63) is 60.9 Å². The molecule has 0 aliphatic rings. The van der Waals surface area contributed by atoms with Crippen LogP contribution in [-0.4, -0.2) is 19.5 Å². The van der Waals surface area contributed by atoms with Crippen molar-refractivity contribution < 1.29 is 0 Å². The lowest BCUT2D eigenvalue weighted by atomic mass is 9.92. The molecule has 44 heavy (non-hydrogen) atoms. The second-order valence-corrected chi connectivity index (χ2v) is 17.9. The highest BCUT2D eigenvalue weighted by Gasteiger charge is 2.30. The molecule has 0 fully saturated rings. The number of aromatic nitrogens is 2. The molecule has 0 radical (unpaired) electrons. The van der Waals surface area contributed by atoms with Crippen LogP contribution < -0.4 is 0 Å². The van der Waals surface area contributed by atoms with Crippen molar-refractivity contribution in [1.82, 2.24) is 9.97 Å². The molecule has 0 aromatic carbocycles. The maximum atomic E-state index is 4.76. The molecular formula is C38H52N2S4. The van der Waals surface area contributed by atoms with Crippen molar-refractivity contribution in [2.75, 3.05) is 0 Å². The van der Waals surface area contributed by atoms with E-state index in [9.17, 15) is 0 Å². The molecule has 4 aromatic heterocycles. The predicted octanol–water partition coefficient (Wildman–Crippen LogP) is 14.1. The Morgan fingerprint density at radius 1 is 0.500 bits per heavy atom. The van der Waals surface area contributed by atoms with Crippen molar-refractivity contribution in [3.8, 4) is 32.3 Å². The number of thiophene rings is 2. The van der Waals surface area contributed by atoms with Gasteiger partial charge in [0.15, 0.2) is 0 Å². The summed E-state index contributed by atoms with van der Waals surface area (Å²) in [6.07, 6.45) is 19.1. The third-order valence-corrected chi connectivity index (χ3v) is 14.0. The molecule has 0 aliphatic carbocycles. The van der Waals surface area contributed by atoms with E-state index in [4.69, 9.17) is 9.97 Å². The Bertz CT molecular complexity index is 1280. The second-order valence-electron chi connectivity index (χ2n) is 12.2. The van der Waals surface area contributed by atoms with E-state index in [1.165, 1.54) is 106 Å². The van der Waals surface area contributed by atoms with Crippen molar-refractivity contribution in [2.24, 2.45) is 0 Å². The molecule has 0 spiro atoms. The molecule has 4 rings (SSSR count). The van der Waals surface area contributed by atoms with Crippen molar-refractivity contribution >= 4 is 46.2 Å². The van der Waals surface area contributed by atoms with Crippen LogP contribution in [0.1, 0.15) is 119 Å². The van der Waals surface area contributed by atoms with E-state index in [2.05, 4.69) is 114 Å². The maximum Gasteiger partial charge on any atom is 0.0892 e. The quantitative estimate of drug-likeness (QED) is 0.0932. The van der Waals surface area contributed by atoms with Crippen LogP contribution in [0.2, 0.25) is 0 Å². The van der Waals surface area contributed by atoms with Gasteiger partial charge in [0.1, 0.15) is 0 Å². The molecule has 4 heterocycles. The minimum Gasteiger partial charge on any atom is -0.255 e. The first-order chi connectivity index (χ1) is 21.4. The van der Waals surface area contributed by atoms with E-state index >= 15 is 0 Å². The Morgan fingerprint density at radius 3 is 1.16 bits per heavy atom. The molecular weight excluding hydrogens is 613 g/mol. The van der Waals surface area contributed by atoms with Gasteiger partial charge in [-0.05, 0) is 98.2 Å². The maximum absolute atomic E-state index is 4.76. The number of nitrogens with zero attached hydrogens (tertiary/aromatic N) is 2. The van der Waals surface area contributed by atoms with Crippen molar-refractivity contribution in [2.45, 2.75) is 137 Å². The zero-order valence-corrected chi connectivity index (χ0v) is 31.1. The number of rotatable bonds is 19. The molecule has 0 saturated carbocycles. The van der Waals surface area contributed by atoms with Crippen LogP contribution in [0.15, 0.2) is 69.3 Å². The molecule has 6 heteroatoms. The van der Waals surface area contributed by atoms with Gasteiger partial charge in [-0.3, -0.25) is 9.97 Å². The van der Waals surface area contributed by atoms with Crippen LogP contribution in [0, 0.1) is 0 Å². The van der Waals surface area contributed by atoms with Crippen LogP contribution in [-0.2, 0) is 0 Å². The Morgan fingerprint density at radius 2 is 0.841 bits per heavy atom. The zero-order valence-electron chi connectivity index (χ0n) is 27.8. The van der Waals surface area contributed by atoms with Gasteiger partial charge in [0.2, 0.25) is 0 Å². The van der Waals surface area contributed by atoms with Gasteiger partial charge in [-0.1, -0.05) is 80.1 Å². The third kappa shape index (κ3) is 9.24. The van der Waals surface area contributed by atoms with Gasteiger partial charge in [-0.25, -0.2) is 0 Å². The number of thioether (sulfide) groups is 2. The van der Waals surface area contributed by atoms with Crippen LogP contribution in [0.3, 0.4) is 0 Å². The van der Waals surface area contributed by atoms with E-state index in [0.717, 1.165) is 11.4 Å². The van der Waals surface area contributed by atoms with E-state index in [0.29, 0.717) is 9.49 Å². The van der Waals surface area contributed by atoms with Crippen LogP contribution in [0.25, 0.3) is 32.3 Å². The Hall–Kier alpha value is -1.60. The SMILES string of the molecule is CCCC(CCC)(CCC)Sc1ccc(-c2ccnc(-c3cc(-c4ccc(SC(CCC)(CCC)CCC)s4)ccn3)c2)s1. The van der Waals surface area contributed by atoms with Gasteiger partial charge in [-0.15, -0.1) is 46.2 Å². The van der Waals surface area contributed by atoms with Crippen LogP contribution >= 0.6 is 46.2 Å². The Balaban J connectivity index is 1.54. The van der Waals surface area contributed by atoms with E-state index in [1.54, 1.807) is 0 Å². The summed E-state index contributed by atoms with van der Waals surface area (Å²) in [7, 11) is 0. The second kappa shape index (κ2) is 17.4. The Labute approximate surface area is 284 Å². The molecule has 4 aromatic rings. The third-order valence-electron chi connectivity index (χ3n) is 8.38. The first-order valence-electron chi connectivity index (χ1n) is 16.9. The molecule has 238 valence electrons. The summed E-state index contributed by atoms with van der Waals surface area (Å²) in [5.74, 6) is 0. The summed E-state index contributed by atoms with van der Waals surface area (Å²) in [5.41, 5.74) is 4.31. The number of hydrogen-bond donors (Lipinski definition) is 0. The average molecular weight is 665 g/mol. The van der Waals surface area contributed by atoms with Gasteiger partial charge < -0.3 is 0 Å². The largest absolute Gasteiger partial charge is 0.255 e. The zero-order chi connectivity index (χ0) is 31.4. The van der Waals surface area contributed by atoms with Gasteiger partial charge in [0, 0.05) is 31.6 Å². The average Bonchev–Trinajstić information content (AvgIpc) is 3.68. The number of hydrogen-bond acceptors (Lipinski definition) is 6. The van der Waals surface area contributed by atoms with Gasteiger partial charge >= 0.3 is 0 Å². The first kappa shape index (κ1) is 35.3. The highest BCUT2D eigenvalue weighted by molar-refractivity contribution is 8.02. The topological polar surface area (TPSA) is 25.8 Å². The van der Waals surface area contributed by atoms with Gasteiger partial charge in [-0.2, -0.15) is 0 Å². The predicted molar refractivity (Wildman–Crippen MR) is 201 cm³/mol. The smallest absolute Gasteiger partial charge is 0.0892 e. The standard InChI is InChI=1S/C38H52N2S4/c1-7-19-37(20-8-2,21-9-3)43-35-15-13-33(41-35)29-17-25-39-31(27-29)32-28-30(18-26-40-32)34-14-16-36(42-34)44-38(22-10-4,23-11-5)24-12-6/h13-18,25-28H,7-12,19-24H2,1-6H3. The first-order valence-corrected chi connectivity index (χ1v) is 20.2. The summed E-state index contributed by atoms with van der Waals surface area (Å²) in [5, 5.41) is 0.